The second kappa shape index (κ2) is 8.94. The van der Waals surface area contributed by atoms with Gasteiger partial charge in [0, 0.05) is 22.6 Å². The molecule has 3 N–H and O–H groups in total. The molecular formula is C26H30FN3O8P+. The summed E-state index contributed by atoms with van der Waals surface area (Å²) in [7, 11) is -1.28. The van der Waals surface area contributed by atoms with Crippen LogP contribution in [0, 0.1) is 5.82 Å². The number of pyridine rings is 2. The molecule has 0 unspecified atom stereocenters. The van der Waals surface area contributed by atoms with Crippen LogP contribution in [0.5, 0.6) is 5.75 Å². The molecule has 0 spiro atoms. The van der Waals surface area contributed by atoms with Crippen LogP contribution in [0.2, 0.25) is 0 Å². The van der Waals surface area contributed by atoms with Gasteiger partial charge >= 0.3 is 13.8 Å². The first kappa shape index (κ1) is 27.4. The lowest BCUT2D eigenvalue weighted by Crippen LogP contribution is -2.44. The van der Waals surface area contributed by atoms with Gasteiger partial charge in [-0.15, -0.1) is 0 Å². The Morgan fingerprint density at radius 1 is 1.26 bits per heavy atom. The molecule has 5 rings (SSSR count). The zero-order valence-electron chi connectivity index (χ0n) is 22.2. The topological polar surface area (TPSA) is 148 Å². The quantitative estimate of drug-likeness (QED) is 0.183. The second-order valence-electron chi connectivity index (χ2n) is 10.9. The Morgan fingerprint density at radius 2 is 1.95 bits per heavy atom. The van der Waals surface area contributed by atoms with Crippen LogP contribution in [0.1, 0.15) is 49.4 Å². The van der Waals surface area contributed by atoms with Crippen LogP contribution in [-0.2, 0) is 39.4 Å². The summed E-state index contributed by atoms with van der Waals surface area (Å²) in [4.78, 5) is 49.5. The number of ether oxygens (including phenoxy) is 1. The number of phosphoric acid groups is 1. The van der Waals surface area contributed by atoms with Crippen molar-refractivity contribution in [2.75, 3.05) is 14.1 Å². The molecule has 0 aliphatic carbocycles. The molecular weight excluding hydrogens is 532 g/mol. The van der Waals surface area contributed by atoms with E-state index in [2.05, 4.69) is 4.98 Å². The van der Waals surface area contributed by atoms with E-state index in [4.69, 9.17) is 9.26 Å². The monoisotopic (exact) mass is 562 g/mol. The van der Waals surface area contributed by atoms with E-state index in [0.29, 0.717) is 26.8 Å². The Kier molecular flexibility index (Phi) is 6.28. The lowest BCUT2D eigenvalue weighted by atomic mass is 9.86. The van der Waals surface area contributed by atoms with E-state index in [1.807, 2.05) is 27.9 Å². The highest BCUT2D eigenvalue weighted by molar-refractivity contribution is 7.46. The maximum absolute atomic E-state index is 15.4. The fourth-order valence-electron chi connectivity index (χ4n) is 5.10. The number of carbonyl (C=O) groups is 1. The van der Waals surface area contributed by atoms with E-state index in [9.17, 15) is 29.0 Å². The Bertz CT molecular complexity index is 1660. The van der Waals surface area contributed by atoms with Crippen LogP contribution >= 0.6 is 7.82 Å². The number of phosphoric ester groups is 1. The minimum absolute atomic E-state index is 0.000534. The van der Waals surface area contributed by atoms with Crippen LogP contribution < -0.4 is 10.1 Å². The summed E-state index contributed by atoms with van der Waals surface area (Å²) in [5.74, 6) is -2.36. The first-order valence-electron chi connectivity index (χ1n) is 12.5. The Labute approximate surface area is 223 Å². The fourth-order valence-corrected chi connectivity index (χ4v) is 5.54. The average molecular weight is 563 g/mol. The van der Waals surface area contributed by atoms with Crippen molar-refractivity contribution >= 4 is 24.7 Å². The summed E-state index contributed by atoms with van der Waals surface area (Å²) in [5, 5.41) is 11.5. The number of carbonyl (C=O) groups excluding carboxylic acids is 1. The molecule has 39 heavy (non-hydrogen) atoms. The normalized spacial score (nSPS) is 18.7. The van der Waals surface area contributed by atoms with Gasteiger partial charge in [-0.2, -0.15) is 0 Å². The lowest BCUT2D eigenvalue weighted by Gasteiger charge is -2.35. The summed E-state index contributed by atoms with van der Waals surface area (Å²) < 4.78 is 38.8. The van der Waals surface area contributed by atoms with Gasteiger partial charge in [-0.25, -0.2) is 18.7 Å². The summed E-state index contributed by atoms with van der Waals surface area (Å²) >= 11 is 0. The van der Waals surface area contributed by atoms with Gasteiger partial charge in [0.15, 0.2) is 17.2 Å². The van der Waals surface area contributed by atoms with Crippen molar-refractivity contribution in [3.05, 3.63) is 56.6 Å². The molecule has 0 amide bonds. The molecule has 0 fully saturated rings. The van der Waals surface area contributed by atoms with Gasteiger partial charge in [0.05, 0.1) is 54.7 Å². The largest absolute Gasteiger partial charge is 0.524 e. The number of aromatic nitrogens is 2. The maximum atomic E-state index is 15.4. The molecule has 1 atom stereocenters. The molecule has 1 aromatic carbocycles. The van der Waals surface area contributed by atoms with E-state index in [1.54, 1.807) is 19.1 Å². The highest BCUT2D eigenvalue weighted by Crippen LogP contribution is 2.45. The number of fused-ring (bicyclic) bond motifs is 5. The van der Waals surface area contributed by atoms with Crippen molar-refractivity contribution in [2.24, 2.45) is 0 Å². The van der Waals surface area contributed by atoms with Crippen molar-refractivity contribution in [3.8, 4) is 17.1 Å². The van der Waals surface area contributed by atoms with Crippen LogP contribution in [-0.4, -0.2) is 55.0 Å². The first-order chi connectivity index (χ1) is 18.1. The molecule has 2 aliphatic rings. The zero-order valence-corrected chi connectivity index (χ0v) is 23.1. The molecule has 208 valence electrons. The van der Waals surface area contributed by atoms with Gasteiger partial charge in [0.1, 0.15) is 13.2 Å². The van der Waals surface area contributed by atoms with Gasteiger partial charge in [0.2, 0.25) is 0 Å². The molecule has 0 radical (unpaired) electrons. The number of benzene rings is 1. The minimum atomic E-state index is -5.09. The number of nitrogens with zero attached hydrogens (tertiary/aromatic N) is 3. The number of hydrogen-bond acceptors (Lipinski definition) is 7. The standard InChI is InChI=1S/C26H29FN3O8P/c1-6-26(33)18-8-21-22-14(10-29(21)24(31)17(18)12-37-25(26)32)7-15-16(11-30(4,5)13(2)3)23(38-39(34,35)36)19(27)9-20(15)28-22/h7-9,13,33H,6,10-12H2,1-5H3,(H-,34,35,36)/p+1/t26-/m0/s1. The number of esters is 1. The van der Waals surface area contributed by atoms with Crippen molar-refractivity contribution in [3.63, 3.8) is 0 Å². The SMILES string of the molecule is CC[C@@]1(O)C(=O)OCc2c1cc1n(c2=O)Cc2cc3c(C[N+](C)(C)C(C)C)c(OP(=O)(O)O)c(F)cc3nc2-1. The second-order valence-corrected chi connectivity index (χ2v) is 12.1. The third-order valence-corrected chi connectivity index (χ3v) is 8.42. The highest BCUT2D eigenvalue weighted by Gasteiger charge is 2.45. The number of rotatable bonds is 6. The highest BCUT2D eigenvalue weighted by atomic mass is 31.2. The van der Waals surface area contributed by atoms with E-state index >= 15 is 4.39 Å². The molecule has 2 aromatic heterocycles. The number of cyclic esters (lactones) is 1. The van der Waals surface area contributed by atoms with Crippen LogP contribution in [0.15, 0.2) is 23.0 Å². The number of hydrogen-bond donors (Lipinski definition) is 3. The van der Waals surface area contributed by atoms with Crippen LogP contribution in [0.25, 0.3) is 22.3 Å². The minimum Gasteiger partial charge on any atom is -0.458 e. The number of halogens is 1. The zero-order chi connectivity index (χ0) is 28.7. The van der Waals surface area contributed by atoms with E-state index in [0.717, 1.165) is 6.07 Å². The molecule has 0 saturated heterocycles. The third kappa shape index (κ3) is 4.36. The van der Waals surface area contributed by atoms with Crippen molar-refractivity contribution in [1.29, 1.82) is 0 Å². The van der Waals surface area contributed by atoms with Crippen molar-refractivity contribution in [2.45, 2.75) is 58.5 Å². The van der Waals surface area contributed by atoms with Gasteiger partial charge in [-0.1, -0.05) is 6.92 Å². The van der Waals surface area contributed by atoms with Crippen LogP contribution in [0.3, 0.4) is 0 Å². The summed E-state index contributed by atoms with van der Waals surface area (Å²) in [6.45, 7) is 5.58. The summed E-state index contributed by atoms with van der Waals surface area (Å²) in [5.41, 5.74) is -0.259. The number of aliphatic hydroxyl groups is 1. The van der Waals surface area contributed by atoms with Gasteiger partial charge < -0.3 is 23.4 Å². The smallest absolute Gasteiger partial charge is 0.458 e. The van der Waals surface area contributed by atoms with E-state index in [1.165, 1.54) is 4.57 Å². The molecule has 13 heteroatoms. The molecule has 2 aliphatic heterocycles. The Hall–Kier alpha value is -3.15. The van der Waals surface area contributed by atoms with E-state index < -0.39 is 36.5 Å². The predicted octanol–water partition coefficient (Wildman–Crippen LogP) is 2.68. The Morgan fingerprint density at radius 3 is 2.56 bits per heavy atom. The van der Waals surface area contributed by atoms with E-state index in [-0.39, 0.29) is 54.4 Å². The number of quaternary nitrogens is 1. The first-order valence-corrected chi connectivity index (χ1v) is 14.0. The van der Waals surface area contributed by atoms with Gasteiger partial charge in [-0.05, 0) is 32.4 Å². The molecule has 0 saturated carbocycles. The molecule has 4 heterocycles. The average Bonchev–Trinajstić information content (AvgIpc) is 3.20. The fraction of sp³-hybridized carbons (Fsp3) is 0.423. The van der Waals surface area contributed by atoms with Crippen LogP contribution in [0.4, 0.5) is 4.39 Å². The summed E-state index contributed by atoms with van der Waals surface area (Å²) in [6, 6.07) is 4.40. The van der Waals surface area contributed by atoms with Gasteiger partial charge in [-0.3, -0.25) is 14.6 Å². The van der Waals surface area contributed by atoms with Crippen molar-refractivity contribution in [1.82, 2.24) is 9.55 Å². The van der Waals surface area contributed by atoms with Crippen molar-refractivity contribution < 1.29 is 42.4 Å². The summed E-state index contributed by atoms with van der Waals surface area (Å²) in [6.07, 6.45) is 0.000534. The predicted molar refractivity (Wildman–Crippen MR) is 138 cm³/mol. The Balaban J connectivity index is 1.76. The lowest BCUT2D eigenvalue weighted by molar-refractivity contribution is -0.924. The maximum Gasteiger partial charge on any atom is 0.524 e. The van der Waals surface area contributed by atoms with Gasteiger partial charge in [0.25, 0.3) is 5.56 Å². The molecule has 0 bridgehead atoms. The third-order valence-electron chi connectivity index (χ3n) is 8.00. The molecule has 3 aromatic rings. The molecule has 11 nitrogen and oxygen atoms in total.